The molecule has 1 aliphatic heterocycles. The Morgan fingerprint density at radius 1 is 0.676 bits per heavy atom. The normalized spacial score (nSPS) is 12.5. The summed E-state index contributed by atoms with van der Waals surface area (Å²) in [5.74, 6) is 4.32. The fourth-order valence-corrected chi connectivity index (χ4v) is 12.3. The van der Waals surface area contributed by atoms with Crippen molar-refractivity contribution < 1.29 is 83.6 Å². The lowest BCUT2D eigenvalue weighted by atomic mass is 9.93. The number of alkyl halides is 3. The van der Waals surface area contributed by atoms with E-state index >= 15 is 0 Å². The minimum absolute atomic E-state index is 0.0220. The molecule has 8 rings (SSSR count). The van der Waals surface area contributed by atoms with E-state index in [-0.39, 0.29) is 126 Å². The lowest BCUT2D eigenvalue weighted by Gasteiger charge is -2.26. The predicted molar refractivity (Wildman–Crippen MR) is 387 cm³/mol. The molecule has 8 amide bonds. The third kappa shape index (κ3) is 24.6. The van der Waals surface area contributed by atoms with Gasteiger partial charge < -0.3 is 71.0 Å². The molecule has 0 spiro atoms. The highest BCUT2D eigenvalue weighted by Gasteiger charge is 2.34. The molecule has 1 aliphatic rings. The minimum Gasteiger partial charge on any atom is -0.457 e. The van der Waals surface area contributed by atoms with E-state index in [0.29, 0.717) is 72.0 Å². The summed E-state index contributed by atoms with van der Waals surface area (Å²) in [6.07, 6.45) is -3.23. The number of carbonyl (C=O) groups is 7. The highest BCUT2D eigenvalue weighted by atomic mass is 32.2. The van der Waals surface area contributed by atoms with Crippen molar-refractivity contribution in [3.8, 4) is 34.5 Å². The molecule has 0 saturated carbocycles. The molecule has 0 aliphatic carbocycles. The van der Waals surface area contributed by atoms with Gasteiger partial charge in [-0.3, -0.25) is 29.0 Å². The highest BCUT2D eigenvalue weighted by Crippen LogP contribution is 2.40. The van der Waals surface area contributed by atoms with Crippen molar-refractivity contribution in [1.29, 1.82) is 0 Å². The maximum Gasteiger partial charge on any atom is 0.418 e. The highest BCUT2D eigenvalue weighted by molar-refractivity contribution is 7.89. The molecule has 29 heteroatoms. The van der Waals surface area contributed by atoms with Gasteiger partial charge in [-0.1, -0.05) is 105 Å². The molecule has 2 atom stereocenters. The zero-order valence-electron chi connectivity index (χ0n) is 58.8. The molecule has 8 N–H and O–H groups in total. The minimum atomic E-state index is -4.62. The van der Waals surface area contributed by atoms with Crippen LogP contribution in [0.2, 0.25) is 0 Å². The summed E-state index contributed by atoms with van der Waals surface area (Å²) >= 11 is 0. The first-order chi connectivity index (χ1) is 50.5. The number of alkyl carbamates (subject to hydrolysis) is 1. The van der Waals surface area contributed by atoms with Crippen LogP contribution in [0.1, 0.15) is 86.3 Å². The summed E-state index contributed by atoms with van der Waals surface area (Å²) in [6, 6.07) is 35.0. The molecule has 6 aromatic carbocycles. The number of para-hydroxylation sites is 2. The van der Waals surface area contributed by atoms with Crippen LogP contribution < -0.4 is 47.3 Å². The Bertz CT molecular complexity index is 4330. The lowest BCUT2D eigenvalue weighted by Crippen LogP contribution is -2.54. The lowest BCUT2D eigenvalue weighted by molar-refractivity contribution is -0.136. The molecule has 0 unspecified atom stereocenters. The van der Waals surface area contributed by atoms with Gasteiger partial charge in [0.1, 0.15) is 30.2 Å². The number of rotatable bonds is 39. The van der Waals surface area contributed by atoms with Gasteiger partial charge in [0.05, 0.1) is 81.1 Å². The number of hydrogen-bond donors (Lipinski definition) is 7. The molecule has 105 heavy (non-hydrogen) atoms. The molecule has 25 nitrogen and oxygen atoms in total. The Balaban J connectivity index is 0.682. The predicted octanol–water partition coefficient (Wildman–Crippen LogP) is 9.13. The third-order valence-corrected chi connectivity index (χ3v) is 18.4. The molecule has 0 saturated heterocycles. The van der Waals surface area contributed by atoms with Gasteiger partial charge >= 0.3 is 18.3 Å². The molecule has 1 aromatic heterocycles. The quantitative estimate of drug-likeness (QED) is 0.0139. The number of sulfonamides is 1. The number of carbonyl (C=O) groups excluding carboxylic acids is 7. The second-order valence-corrected chi connectivity index (χ2v) is 26.6. The molecule has 0 fully saturated rings. The monoisotopic (exact) mass is 1470 g/mol. The Hall–Kier alpha value is -10.5. The number of nitrogens with one attached hydrogen (secondary N) is 6. The van der Waals surface area contributed by atoms with Crippen LogP contribution in [0.5, 0.6) is 11.5 Å². The number of amides is 8. The number of ether oxygens (including phenoxy) is 6. The smallest absolute Gasteiger partial charge is 0.418 e. The standard InChI is InChI=1S/C76H87F3N10O15S/c1-5-53-48-84-71-62(21-12-22-63(71)76(77,78)79)69(53)56-17-10-18-59(46-56)104-60-19-11-20-61(47-60)105(97,98)88(4)37-35-83-75(96)103-50-52-25-29-58(30-26-52)85-72(93)64(23-13-34-82-74(80)95)86-73(94)70(51(2)3)87-67(91)33-38-99-40-42-101-44-45-102-43-41-100-39-36-81-66(90)31-32-68(92)89-49-57-16-7-6-14-54(57)27-28-55-15-8-9-24-65(55)89/h6-12,14-22,24-26,29-30,46-48,51,64,70H,5,13,23,31-45,49-50H2,1-4H3,(H,81,90)(H,83,96)(H,85,93)(H,86,94)(H,87,91)(H3,80,82,95)/t64-,70-/m0/s1. The number of likely N-dealkylation sites (N-methyl/N-ethyl adjacent to an activating group) is 1. The number of aryl methyl sites for hydroxylation is 1. The van der Waals surface area contributed by atoms with Crippen molar-refractivity contribution in [3.05, 3.63) is 179 Å². The van der Waals surface area contributed by atoms with E-state index in [1.165, 1.54) is 37.5 Å². The number of benzene rings is 6. The number of primary amides is 1. The topological polar surface area (TPSA) is 327 Å². The van der Waals surface area contributed by atoms with Gasteiger partial charge in [-0.25, -0.2) is 18.0 Å². The average Bonchev–Trinajstić information content (AvgIpc) is 0.773. The number of nitrogens with two attached hydrogens (primary N) is 1. The van der Waals surface area contributed by atoms with Crippen LogP contribution in [0.3, 0.4) is 0 Å². The number of halogens is 3. The summed E-state index contributed by atoms with van der Waals surface area (Å²) in [7, 11) is -2.78. The number of pyridine rings is 1. The third-order valence-electron chi connectivity index (χ3n) is 16.6. The molecular formula is C76H87F3N10O15S. The number of urea groups is 1. The van der Waals surface area contributed by atoms with Crippen LogP contribution in [0.4, 0.5) is 34.1 Å². The van der Waals surface area contributed by atoms with Gasteiger partial charge in [-0.2, -0.15) is 17.5 Å². The summed E-state index contributed by atoms with van der Waals surface area (Å²) in [6.45, 7) is 7.46. The van der Waals surface area contributed by atoms with Crippen molar-refractivity contribution in [2.75, 3.05) is 96.3 Å². The summed E-state index contributed by atoms with van der Waals surface area (Å²) in [4.78, 5) is 96.5. The molecule has 558 valence electrons. The molecule has 7 aromatic rings. The van der Waals surface area contributed by atoms with Crippen LogP contribution in [0.25, 0.3) is 22.0 Å². The van der Waals surface area contributed by atoms with Gasteiger partial charge in [0.25, 0.3) is 0 Å². The maximum absolute atomic E-state index is 14.0. The molecule has 0 bridgehead atoms. The van der Waals surface area contributed by atoms with Gasteiger partial charge in [0.15, 0.2) is 0 Å². The van der Waals surface area contributed by atoms with Crippen LogP contribution in [0.15, 0.2) is 151 Å². The van der Waals surface area contributed by atoms with E-state index in [1.807, 2.05) is 55.5 Å². The van der Waals surface area contributed by atoms with E-state index in [2.05, 4.69) is 48.7 Å². The Morgan fingerprint density at radius 3 is 2.04 bits per heavy atom. The van der Waals surface area contributed by atoms with Crippen LogP contribution in [0, 0.1) is 17.8 Å². The van der Waals surface area contributed by atoms with Crippen molar-refractivity contribution in [1.82, 2.24) is 35.9 Å². The summed E-state index contributed by atoms with van der Waals surface area (Å²) in [5.41, 5.74) is 10.2. The first kappa shape index (κ1) is 80.2. The molecule has 0 radical (unpaired) electrons. The van der Waals surface area contributed by atoms with Crippen LogP contribution in [-0.2, 0) is 83.4 Å². The van der Waals surface area contributed by atoms with E-state index in [4.69, 9.17) is 34.2 Å². The van der Waals surface area contributed by atoms with Gasteiger partial charge in [0, 0.05) is 87.0 Å². The van der Waals surface area contributed by atoms with Crippen molar-refractivity contribution in [2.24, 2.45) is 11.7 Å². The van der Waals surface area contributed by atoms with Crippen LogP contribution >= 0.6 is 0 Å². The number of aromatic nitrogens is 1. The zero-order chi connectivity index (χ0) is 75.3. The van der Waals surface area contributed by atoms with E-state index in [9.17, 15) is 55.2 Å². The fourth-order valence-electron chi connectivity index (χ4n) is 11.0. The number of hydrogen-bond acceptors (Lipinski definition) is 16. The van der Waals surface area contributed by atoms with E-state index in [0.717, 1.165) is 32.6 Å². The van der Waals surface area contributed by atoms with E-state index in [1.54, 1.807) is 79.4 Å². The Labute approximate surface area is 607 Å². The first-order valence-electron chi connectivity index (χ1n) is 34.3. The second-order valence-electron chi connectivity index (χ2n) is 24.6. The first-order valence-corrected chi connectivity index (χ1v) is 35.8. The van der Waals surface area contributed by atoms with Crippen molar-refractivity contribution in [3.63, 3.8) is 0 Å². The summed E-state index contributed by atoms with van der Waals surface area (Å²) < 4.78 is 104. The van der Waals surface area contributed by atoms with Crippen molar-refractivity contribution in [2.45, 2.75) is 95.6 Å². The Kier molecular flexibility index (Phi) is 30.5. The summed E-state index contributed by atoms with van der Waals surface area (Å²) in [5, 5.41) is 16.3. The SMILES string of the molecule is CCc1cnc2c(C(F)(F)F)cccc2c1-c1cccc(Oc2cccc(S(=O)(=O)N(C)CCNC(=O)OCc3ccc(NC(=O)[C@H](CCCNC(N)=O)NC(=O)[C@@H](NC(=O)CCOCCOCCOCCOCCNC(=O)CCC(=O)N4Cc5ccccc5C#Cc5ccccc54)C(C)C)cc3)c2)c1. The van der Waals surface area contributed by atoms with Crippen LogP contribution in [-0.4, -0.2) is 158 Å². The second kappa shape index (κ2) is 40.0. The number of nitrogens with zero attached hydrogens (tertiary/aromatic N) is 3. The zero-order valence-corrected chi connectivity index (χ0v) is 59.6. The fraction of sp³-hybridized carbons (Fsp3) is 0.368. The van der Waals surface area contributed by atoms with Crippen molar-refractivity contribution >= 4 is 74.0 Å². The largest absolute Gasteiger partial charge is 0.457 e. The Morgan fingerprint density at radius 2 is 1.33 bits per heavy atom. The average molecular weight is 1470 g/mol. The van der Waals surface area contributed by atoms with Gasteiger partial charge in [-0.05, 0) is 114 Å². The number of fused-ring (bicyclic) bond motifs is 3. The molecule has 2 heterocycles. The number of anilines is 2. The maximum atomic E-state index is 14.0. The van der Waals surface area contributed by atoms with E-state index < -0.39 is 69.6 Å². The van der Waals surface area contributed by atoms with Gasteiger partial charge in [0.2, 0.25) is 39.6 Å². The molecular weight excluding hydrogens is 1380 g/mol. The van der Waals surface area contributed by atoms with Gasteiger partial charge in [-0.15, -0.1) is 0 Å².